The topological polar surface area (TPSA) is 64.4 Å². The van der Waals surface area contributed by atoms with Crippen LogP contribution in [0.4, 0.5) is 0 Å². The number of nitrogens with two attached hydrogens (primary N) is 2. The van der Waals surface area contributed by atoms with Gasteiger partial charge in [0.05, 0.1) is 12.4 Å². The van der Waals surface area contributed by atoms with Crippen LogP contribution in [0.2, 0.25) is 0 Å². The zero-order valence-corrected chi connectivity index (χ0v) is 4.09. The smallest absolute Gasteiger partial charge is 0.0954 e. The molecule has 0 radical (unpaired) electrons. The molecule has 0 bridgehead atoms. The lowest BCUT2D eigenvalue weighted by atomic mass is 10.3. The van der Waals surface area contributed by atoms with E-state index in [2.05, 4.69) is 4.99 Å². The fourth-order valence-electron chi connectivity index (χ4n) is 0.632. The molecule has 1 aliphatic heterocycles. The molecule has 0 saturated carbocycles. The third kappa shape index (κ3) is 0.899. The van der Waals surface area contributed by atoms with E-state index in [0.717, 1.165) is 6.42 Å². The average Bonchev–Trinajstić information content (AvgIpc) is 1.87. The highest BCUT2D eigenvalue weighted by Gasteiger charge is 2.09. The largest absolute Gasteiger partial charge is 0.387 e. The lowest BCUT2D eigenvalue weighted by molar-refractivity contribution is 0.755. The van der Waals surface area contributed by atoms with Crippen LogP contribution in [0.15, 0.2) is 4.99 Å². The molecule has 0 aromatic heterocycles. The van der Waals surface area contributed by atoms with Crippen LogP contribution in [0.3, 0.4) is 0 Å². The SMILES string of the molecule is NC1=NCC(N)C1. The Morgan fingerprint density at radius 3 is 2.57 bits per heavy atom. The third-order valence-corrected chi connectivity index (χ3v) is 1.00. The van der Waals surface area contributed by atoms with Crippen LogP contribution in [-0.4, -0.2) is 18.4 Å². The summed E-state index contributed by atoms with van der Waals surface area (Å²) in [5.74, 6) is 0.701. The Labute approximate surface area is 42.4 Å². The summed E-state index contributed by atoms with van der Waals surface area (Å²) in [5.41, 5.74) is 10.7. The third-order valence-electron chi connectivity index (χ3n) is 1.00. The van der Waals surface area contributed by atoms with Crippen molar-refractivity contribution in [1.29, 1.82) is 0 Å². The van der Waals surface area contributed by atoms with Crippen molar-refractivity contribution in [3.63, 3.8) is 0 Å². The Morgan fingerprint density at radius 1 is 1.71 bits per heavy atom. The van der Waals surface area contributed by atoms with Crippen molar-refractivity contribution in [2.24, 2.45) is 16.5 Å². The van der Waals surface area contributed by atoms with E-state index < -0.39 is 0 Å². The molecule has 1 unspecified atom stereocenters. The van der Waals surface area contributed by atoms with Gasteiger partial charge in [0.2, 0.25) is 0 Å². The second kappa shape index (κ2) is 1.50. The van der Waals surface area contributed by atoms with E-state index in [-0.39, 0.29) is 6.04 Å². The fourth-order valence-corrected chi connectivity index (χ4v) is 0.632. The first kappa shape index (κ1) is 4.59. The van der Waals surface area contributed by atoms with Gasteiger partial charge in [-0.2, -0.15) is 0 Å². The van der Waals surface area contributed by atoms with Gasteiger partial charge in [-0.3, -0.25) is 4.99 Å². The molecule has 0 aromatic carbocycles. The molecule has 1 rings (SSSR count). The zero-order chi connectivity index (χ0) is 5.28. The molecule has 0 spiro atoms. The van der Waals surface area contributed by atoms with Gasteiger partial charge < -0.3 is 11.5 Å². The number of rotatable bonds is 0. The minimum absolute atomic E-state index is 0.194. The maximum absolute atomic E-state index is 5.43. The van der Waals surface area contributed by atoms with E-state index in [1.807, 2.05) is 0 Å². The molecule has 7 heavy (non-hydrogen) atoms. The molecule has 3 nitrogen and oxygen atoms in total. The van der Waals surface area contributed by atoms with E-state index in [1.165, 1.54) is 0 Å². The van der Waals surface area contributed by atoms with Crippen molar-refractivity contribution < 1.29 is 0 Å². The number of amidine groups is 1. The second-order valence-corrected chi connectivity index (χ2v) is 1.80. The van der Waals surface area contributed by atoms with E-state index in [9.17, 15) is 0 Å². The molecule has 0 saturated heterocycles. The Balaban J connectivity index is 2.42. The lowest BCUT2D eigenvalue weighted by Gasteiger charge is -1.93. The normalized spacial score (nSPS) is 30.4. The van der Waals surface area contributed by atoms with Gasteiger partial charge in [-0.1, -0.05) is 0 Å². The van der Waals surface area contributed by atoms with Gasteiger partial charge in [0.25, 0.3) is 0 Å². The first-order chi connectivity index (χ1) is 3.29. The second-order valence-electron chi connectivity index (χ2n) is 1.80. The first-order valence-corrected chi connectivity index (χ1v) is 2.33. The Hall–Kier alpha value is -0.570. The summed E-state index contributed by atoms with van der Waals surface area (Å²) in [7, 11) is 0. The summed E-state index contributed by atoms with van der Waals surface area (Å²) in [5, 5.41) is 0. The predicted molar refractivity (Wildman–Crippen MR) is 29.1 cm³/mol. The van der Waals surface area contributed by atoms with Crippen molar-refractivity contribution in [2.45, 2.75) is 12.5 Å². The zero-order valence-electron chi connectivity index (χ0n) is 4.09. The van der Waals surface area contributed by atoms with E-state index in [1.54, 1.807) is 0 Å². The molecule has 40 valence electrons. The highest BCUT2D eigenvalue weighted by Crippen LogP contribution is 1.96. The minimum Gasteiger partial charge on any atom is -0.387 e. The van der Waals surface area contributed by atoms with Crippen LogP contribution in [0.25, 0.3) is 0 Å². The molecule has 0 aromatic rings. The van der Waals surface area contributed by atoms with E-state index >= 15 is 0 Å². The molecular weight excluding hydrogens is 90.1 g/mol. The van der Waals surface area contributed by atoms with Crippen LogP contribution < -0.4 is 11.5 Å². The van der Waals surface area contributed by atoms with Gasteiger partial charge in [0.1, 0.15) is 0 Å². The van der Waals surface area contributed by atoms with Gasteiger partial charge in [0, 0.05) is 12.5 Å². The molecule has 3 heteroatoms. The molecule has 0 aliphatic carbocycles. The molecule has 4 N–H and O–H groups in total. The van der Waals surface area contributed by atoms with E-state index in [0.29, 0.717) is 12.4 Å². The quantitative estimate of drug-likeness (QED) is 0.412. The number of hydrogen-bond donors (Lipinski definition) is 2. The summed E-state index contributed by atoms with van der Waals surface area (Å²) in [6.45, 7) is 0.714. The molecule has 1 aliphatic rings. The number of hydrogen-bond acceptors (Lipinski definition) is 3. The predicted octanol–water partition coefficient (Wildman–Crippen LogP) is -0.925. The summed E-state index contributed by atoms with van der Waals surface area (Å²) < 4.78 is 0. The van der Waals surface area contributed by atoms with Crippen molar-refractivity contribution in [2.75, 3.05) is 6.54 Å². The Morgan fingerprint density at radius 2 is 2.43 bits per heavy atom. The molecular formula is C4H9N3. The van der Waals surface area contributed by atoms with Crippen molar-refractivity contribution in [1.82, 2.24) is 0 Å². The molecule has 1 atom stereocenters. The first-order valence-electron chi connectivity index (χ1n) is 2.33. The highest BCUT2D eigenvalue weighted by atomic mass is 14.9. The van der Waals surface area contributed by atoms with Crippen LogP contribution >= 0.6 is 0 Å². The van der Waals surface area contributed by atoms with Gasteiger partial charge in [0.15, 0.2) is 0 Å². The highest BCUT2D eigenvalue weighted by molar-refractivity contribution is 5.82. The van der Waals surface area contributed by atoms with Gasteiger partial charge in [-0.25, -0.2) is 0 Å². The minimum atomic E-state index is 0.194. The van der Waals surface area contributed by atoms with E-state index in [4.69, 9.17) is 11.5 Å². The maximum Gasteiger partial charge on any atom is 0.0954 e. The van der Waals surface area contributed by atoms with Crippen LogP contribution in [0.1, 0.15) is 6.42 Å². The standard InChI is InChI=1S/C4H9N3/c5-3-1-4(6)7-2-3/h3H,1-2,5H2,(H2,6,7). The Bertz CT molecular complexity index is 97.1. The summed E-state index contributed by atoms with van der Waals surface area (Å²) in [6, 6.07) is 0.194. The van der Waals surface area contributed by atoms with Crippen LogP contribution in [0.5, 0.6) is 0 Å². The molecule has 1 heterocycles. The molecule has 0 amide bonds. The summed E-state index contributed by atoms with van der Waals surface area (Å²) in [4.78, 5) is 3.89. The summed E-state index contributed by atoms with van der Waals surface area (Å²) in [6.07, 6.45) is 0.778. The monoisotopic (exact) mass is 99.1 g/mol. The number of aliphatic imine (C=N–C) groups is 1. The van der Waals surface area contributed by atoms with Gasteiger partial charge in [-0.15, -0.1) is 0 Å². The van der Waals surface area contributed by atoms with Crippen LogP contribution in [0, 0.1) is 0 Å². The lowest BCUT2D eigenvalue weighted by Crippen LogP contribution is -2.22. The van der Waals surface area contributed by atoms with Crippen molar-refractivity contribution >= 4 is 5.84 Å². The Kier molecular flexibility index (Phi) is 0.982. The fraction of sp³-hybridized carbons (Fsp3) is 0.750. The number of nitrogens with zero attached hydrogens (tertiary/aromatic N) is 1. The molecule has 0 fully saturated rings. The summed E-state index contributed by atoms with van der Waals surface area (Å²) >= 11 is 0. The van der Waals surface area contributed by atoms with Crippen LogP contribution in [-0.2, 0) is 0 Å². The maximum atomic E-state index is 5.43. The van der Waals surface area contributed by atoms with Gasteiger partial charge >= 0.3 is 0 Å². The van der Waals surface area contributed by atoms with Crippen molar-refractivity contribution in [3.8, 4) is 0 Å². The average molecular weight is 99.1 g/mol. The van der Waals surface area contributed by atoms with Gasteiger partial charge in [-0.05, 0) is 0 Å². The van der Waals surface area contributed by atoms with Crippen molar-refractivity contribution in [3.05, 3.63) is 0 Å².